The van der Waals surface area contributed by atoms with Gasteiger partial charge >= 0.3 is 5.97 Å². The van der Waals surface area contributed by atoms with E-state index in [0.29, 0.717) is 28.7 Å². The minimum Gasteiger partial charge on any atom is -0.462 e. The number of hydrogen-bond acceptors (Lipinski definition) is 4. The first-order valence-electron chi connectivity index (χ1n) is 9.94. The average Bonchev–Trinajstić information content (AvgIpc) is 2.98. The fraction of sp³-hybridized carbons (Fsp3) is 0.478. The molecule has 1 unspecified atom stereocenters. The number of esters is 1. The highest BCUT2D eigenvalue weighted by Crippen LogP contribution is 2.40. The molecule has 2 aromatic rings. The van der Waals surface area contributed by atoms with Crippen LogP contribution in [0.1, 0.15) is 77.8 Å². The average molecular weight is 400 g/mol. The lowest BCUT2D eigenvalue weighted by Crippen LogP contribution is -2.17. The highest BCUT2D eigenvalue weighted by atomic mass is 32.1. The summed E-state index contributed by atoms with van der Waals surface area (Å²) in [6.45, 7) is 10.8. The van der Waals surface area contributed by atoms with Crippen molar-refractivity contribution in [1.29, 1.82) is 0 Å². The predicted octanol–water partition coefficient (Wildman–Crippen LogP) is 5.60. The summed E-state index contributed by atoms with van der Waals surface area (Å²) in [6, 6.07) is 7.66. The highest BCUT2D eigenvalue weighted by molar-refractivity contribution is 7.17. The van der Waals surface area contributed by atoms with Gasteiger partial charge in [0.15, 0.2) is 0 Å². The molecule has 0 spiro atoms. The molecular formula is C23H29NO3S. The number of anilines is 1. The molecular weight excluding hydrogens is 370 g/mol. The summed E-state index contributed by atoms with van der Waals surface area (Å²) in [4.78, 5) is 26.6. The first kappa shape index (κ1) is 20.6. The number of fused-ring (bicyclic) bond motifs is 1. The lowest BCUT2D eigenvalue weighted by atomic mass is 9.86. The number of thiophene rings is 1. The van der Waals surface area contributed by atoms with Gasteiger partial charge in [-0.1, -0.05) is 39.8 Å². The smallest absolute Gasteiger partial charge is 0.341 e. The summed E-state index contributed by atoms with van der Waals surface area (Å²) in [6.07, 6.45) is 2.86. The third kappa shape index (κ3) is 4.30. The van der Waals surface area contributed by atoms with Crippen LogP contribution in [0, 0.1) is 5.92 Å². The van der Waals surface area contributed by atoms with Gasteiger partial charge in [0, 0.05) is 10.4 Å². The van der Waals surface area contributed by atoms with Crippen LogP contribution in [0.5, 0.6) is 0 Å². The quantitative estimate of drug-likeness (QED) is 0.681. The molecule has 0 saturated heterocycles. The van der Waals surface area contributed by atoms with Crippen molar-refractivity contribution >= 4 is 28.2 Å². The standard InChI is InChI=1S/C23H29NO3S/c1-6-27-22(26)19-17-12-7-14(2)13-18(17)28-21(19)24-20(25)15-8-10-16(11-9-15)23(3,4)5/h8-11,14H,6-7,12-13H2,1-5H3,(H,24,25). The van der Waals surface area contributed by atoms with Gasteiger partial charge in [-0.3, -0.25) is 4.79 Å². The fourth-order valence-electron chi connectivity index (χ4n) is 3.55. The minimum atomic E-state index is -0.340. The lowest BCUT2D eigenvalue weighted by molar-refractivity contribution is 0.0526. The molecule has 0 saturated carbocycles. The number of rotatable bonds is 4. The molecule has 1 N–H and O–H groups in total. The van der Waals surface area contributed by atoms with Crippen molar-refractivity contribution in [1.82, 2.24) is 0 Å². The third-order valence-corrected chi connectivity index (χ3v) is 6.40. The summed E-state index contributed by atoms with van der Waals surface area (Å²) < 4.78 is 5.28. The van der Waals surface area contributed by atoms with Crippen LogP contribution in [-0.2, 0) is 23.0 Å². The van der Waals surface area contributed by atoms with Crippen LogP contribution in [0.3, 0.4) is 0 Å². The van der Waals surface area contributed by atoms with E-state index in [0.717, 1.165) is 24.8 Å². The maximum atomic E-state index is 12.8. The normalized spacial score (nSPS) is 16.4. The van der Waals surface area contributed by atoms with Crippen molar-refractivity contribution in [2.24, 2.45) is 5.92 Å². The van der Waals surface area contributed by atoms with Crippen LogP contribution in [-0.4, -0.2) is 18.5 Å². The maximum Gasteiger partial charge on any atom is 0.341 e. The minimum absolute atomic E-state index is 0.0373. The molecule has 1 heterocycles. The Balaban J connectivity index is 1.89. The van der Waals surface area contributed by atoms with E-state index in [9.17, 15) is 9.59 Å². The van der Waals surface area contributed by atoms with Crippen LogP contribution in [0.2, 0.25) is 0 Å². The van der Waals surface area contributed by atoms with Crippen molar-refractivity contribution in [2.75, 3.05) is 11.9 Å². The molecule has 1 aliphatic carbocycles. The molecule has 0 bridgehead atoms. The number of benzene rings is 1. The number of hydrogen-bond donors (Lipinski definition) is 1. The van der Waals surface area contributed by atoms with Crippen LogP contribution >= 0.6 is 11.3 Å². The molecule has 1 aromatic heterocycles. The number of carbonyl (C=O) groups excluding carboxylic acids is 2. The molecule has 1 amide bonds. The highest BCUT2D eigenvalue weighted by Gasteiger charge is 2.29. The van der Waals surface area contributed by atoms with E-state index in [1.807, 2.05) is 24.3 Å². The molecule has 5 heteroatoms. The first-order chi connectivity index (χ1) is 13.2. The van der Waals surface area contributed by atoms with E-state index >= 15 is 0 Å². The monoisotopic (exact) mass is 399 g/mol. The number of nitrogens with one attached hydrogen (secondary N) is 1. The molecule has 1 aliphatic rings. The largest absolute Gasteiger partial charge is 0.462 e. The predicted molar refractivity (Wildman–Crippen MR) is 115 cm³/mol. The molecule has 0 aliphatic heterocycles. The molecule has 4 nitrogen and oxygen atoms in total. The summed E-state index contributed by atoms with van der Waals surface area (Å²) >= 11 is 1.52. The van der Waals surface area contributed by atoms with Gasteiger partial charge in [0.05, 0.1) is 12.2 Å². The Labute approximate surface area is 171 Å². The molecule has 1 aromatic carbocycles. The van der Waals surface area contributed by atoms with Gasteiger partial charge in [-0.05, 0) is 60.8 Å². The van der Waals surface area contributed by atoms with Gasteiger partial charge in [-0.2, -0.15) is 0 Å². The summed E-state index contributed by atoms with van der Waals surface area (Å²) in [5, 5.41) is 3.59. The van der Waals surface area contributed by atoms with Gasteiger partial charge in [0.1, 0.15) is 5.00 Å². The zero-order valence-corrected chi connectivity index (χ0v) is 18.2. The van der Waals surface area contributed by atoms with Gasteiger partial charge in [0.2, 0.25) is 0 Å². The molecule has 28 heavy (non-hydrogen) atoms. The van der Waals surface area contributed by atoms with Crippen molar-refractivity contribution in [3.63, 3.8) is 0 Å². The van der Waals surface area contributed by atoms with Crippen molar-refractivity contribution in [3.8, 4) is 0 Å². The Bertz CT molecular complexity index is 874. The Hall–Kier alpha value is -2.14. The summed E-state index contributed by atoms with van der Waals surface area (Å²) in [5.41, 5.74) is 3.41. The van der Waals surface area contributed by atoms with E-state index in [-0.39, 0.29) is 17.3 Å². The molecule has 0 radical (unpaired) electrons. The van der Waals surface area contributed by atoms with Crippen LogP contribution in [0.25, 0.3) is 0 Å². The van der Waals surface area contributed by atoms with Gasteiger partial charge in [0.25, 0.3) is 5.91 Å². The molecule has 150 valence electrons. The second-order valence-corrected chi connectivity index (χ2v) is 9.66. The maximum absolute atomic E-state index is 12.8. The molecule has 1 atom stereocenters. The Morgan fingerprint density at radius 3 is 2.50 bits per heavy atom. The summed E-state index contributed by atoms with van der Waals surface area (Å²) in [7, 11) is 0. The van der Waals surface area contributed by atoms with E-state index in [2.05, 4.69) is 33.0 Å². The second kappa shape index (κ2) is 8.08. The second-order valence-electron chi connectivity index (χ2n) is 8.56. The summed E-state index contributed by atoms with van der Waals surface area (Å²) in [5.74, 6) is 0.0558. The fourth-order valence-corrected chi connectivity index (χ4v) is 4.95. The Morgan fingerprint density at radius 1 is 1.21 bits per heavy atom. The van der Waals surface area contributed by atoms with Crippen molar-refractivity contribution in [2.45, 2.75) is 59.3 Å². The van der Waals surface area contributed by atoms with Gasteiger partial charge in [-0.15, -0.1) is 11.3 Å². The Kier molecular flexibility index (Phi) is 5.94. The van der Waals surface area contributed by atoms with Gasteiger partial charge in [-0.25, -0.2) is 4.79 Å². The van der Waals surface area contributed by atoms with Crippen LogP contribution in [0.4, 0.5) is 5.00 Å². The SMILES string of the molecule is CCOC(=O)c1c(NC(=O)c2ccc(C(C)(C)C)cc2)sc2c1CCC(C)C2. The molecule has 0 fully saturated rings. The van der Waals surface area contributed by atoms with Crippen LogP contribution < -0.4 is 5.32 Å². The zero-order valence-electron chi connectivity index (χ0n) is 17.3. The van der Waals surface area contributed by atoms with E-state index in [1.54, 1.807) is 6.92 Å². The van der Waals surface area contributed by atoms with E-state index in [1.165, 1.54) is 21.8 Å². The number of carbonyl (C=O) groups is 2. The van der Waals surface area contributed by atoms with Crippen molar-refractivity contribution in [3.05, 3.63) is 51.4 Å². The number of amides is 1. The van der Waals surface area contributed by atoms with Crippen molar-refractivity contribution < 1.29 is 14.3 Å². The first-order valence-corrected chi connectivity index (χ1v) is 10.8. The topological polar surface area (TPSA) is 55.4 Å². The number of ether oxygens (including phenoxy) is 1. The van der Waals surface area contributed by atoms with Crippen LogP contribution in [0.15, 0.2) is 24.3 Å². The zero-order chi connectivity index (χ0) is 20.5. The third-order valence-electron chi connectivity index (χ3n) is 5.23. The molecule has 3 rings (SSSR count). The van der Waals surface area contributed by atoms with E-state index < -0.39 is 0 Å². The Morgan fingerprint density at radius 2 is 1.89 bits per heavy atom. The lowest BCUT2D eigenvalue weighted by Gasteiger charge is -2.19. The van der Waals surface area contributed by atoms with E-state index in [4.69, 9.17) is 4.74 Å². The van der Waals surface area contributed by atoms with Gasteiger partial charge < -0.3 is 10.1 Å².